The van der Waals surface area contributed by atoms with Crippen molar-refractivity contribution in [2.45, 2.75) is 0 Å². The van der Waals surface area contributed by atoms with E-state index in [1.807, 2.05) is 0 Å². The van der Waals surface area contributed by atoms with Crippen LogP contribution in [0.15, 0.2) is 12.4 Å². The van der Waals surface area contributed by atoms with Crippen LogP contribution in [-0.4, -0.2) is 46.2 Å². The highest BCUT2D eigenvalue weighted by Crippen LogP contribution is 2.26. The van der Waals surface area contributed by atoms with E-state index in [0.717, 1.165) is 37.4 Å². The van der Waals surface area contributed by atoms with Crippen molar-refractivity contribution in [3.8, 4) is 5.88 Å². The number of nitrogens with one attached hydrogen (secondary N) is 2. The molecular formula is C10H13N5O. The smallest absolute Gasteiger partial charge is 0.190 e. The van der Waals surface area contributed by atoms with Crippen LogP contribution in [0.4, 0.5) is 5.82 Å². The summed E-state index contributed by atoms with van der Waals surface area (Å²) in [5.41, 5.74) is 0.682. The average molecular weight is 219 g/mol. The molecule has 0 unspecified atom stereocenters. The van der Waals surface area contributed by atoms with Gasteiger partial charge in [0.25, 0.3) is 0 Å². The fourth-order valence-corrected chi connectivity index (χ4v) is 2.04. The normalized spacial score (nSPS) is 16.9. The molecule has 0 amide bonds. The summed E-state index contributed by atoms with van der Waals surface area (Å²) in [6.45, 7) is 3.78. The molecule has 0 atom stereocenters. The SMILES string of the molecule is Oc1cc2c(N3CCNCC3)ncnc2[nH]1. The molecule has 0 spiro atoms. The molecule has 0 aromatic carbocycles. The van der Waals surface area contributed by atoms with Crippen LogP contribution in [0.2, 0.25) is 0 Å². The average Bonchev–Trinajstić information content (AvgIpc) is 2.70. The summed E-state index contributed by atoms with van der Waals surface area (Å²) < 4.78 is 0. The van der Waals surface area contributed by atoms with E-state index in [1.54, 1.807) is 6.07 Å². The first-order valence-electron chi connectivity index (χ1n) is 5.33. The van der Waals surface area contributed by atoms with Crippen LogP contribution >= 0.6 is 0 Å². The van der Waals surface area contributed by atoms with Gasteiger partial charge in [0, 0.05) is 32.2 Å². The zero-order valence-corrected chi connectivity index (χ0v) is 8.77. The third kappa shape index (κ3) is 1.47. The van der Waals surface area contributed by atoms with Gasteiger partial charge in [0.2, 0.25) is 0 Å². The predicted octanol–water partition coefficient (Wildman–Crippen LogP) is 0.0731. The van der Waals surface area contributed by atoms with Gasteiger partial charge in [-0.05, 0) is 0 Å². The number of aromatic nitrogens is 3. The predicted molar refractivity (Wildman–Crippen MR) is 60.6 cm³/mol. The molecule has 3 heterocycles. The third-order valence-electron chi connectivity index (χ3n) is 2.81. The number of anilines is 1. The number of nitrogens with zero attached hydrogens (tertiary/aromatic N) is 3. The maximum absolute atomic E-state index is 9.42. The molecule has 84 valence electrons. The Kier molecular flexibility index (Phi) is 2.14. The largest absolute Gasteiger partial charge is 0.495 e. The molecule has 1 aliphatic heterocycles. The Morgan fingerprint density at radius 3 is 2.88 bits per heavy atom. The highest BCUT2D eigenvalue weighted by molar-refractivity contribution is 5.88. The van der Waals surface area contributed by atoms with Gasteiger partial charge in [-0.25, -0.2) is 9.97 Å². The summed E-state index contributed by atoms with van der Waals surface area (Å²) >= 11 is 0. The van der Waals surface area contributed by atoms with Crippen LogP contribution in [0.25, 0.3) is 11.0 Å². The zero-order valence-electron chi connectivity index (χ0n) is 8.77. The highest BCUT2D eigenvalue weighted by atomic mass is 16.3. The first-order chi connectivity index (χ1) is 7.84. The monoisotopic (exact) mass is 219 g/mol. The number of hydrogen-bond acceptors (Lipinski definition) is 5. The number of rotatable bonds is 1. The van der Waals surface area contributed by atoms with Gasteiger partial charge in [-0.15, -0.1) is 0 Å². The quantitative estimate of drug-likeness (QED) is 0.633. The number of H-pyrrole nitrogens is 1. The van der Waals surface area contributed by atoms with Gasteiger partial charge in [-0.3, -0.25) is 0 Å². The van der Waals surface area contributed by atoms with Crippen LogP contribution in [-0.2, 0) is 0 Å². The molecule has 0 aliphatic carbocycles. The van der Waals surface area contributed by atoms with Crippen LogP contribution in [0.5, 0.6) is 5.88 Å². The lowest BCUT2D eigenvalue weighted by atomic mass is 10.3. The molecule has 0 saturated carbocycles. The molecule has 0 radical (unpaired) electrons. The van der Waals surface area contributed by atoms with Crippen molar-refractivity contribution in [1.29, 1.82) is 0 Å². The molecular weight excluding hydrogens is 206 g/mol. The lowest BCUT2D eigenvalue weighted by Gasteiger charge is -2.28. The van der Waals surface area contributed by atoms with Gasteiger partial charge in [0.1, 0.15) is 17.8 Å². The van der Waals surface area contributed by atoms with Crippen LogP contribution in [0.1, 0.15) is 0 Å². The van der Waals surface area contributed by atoms with Gasteiger partial charge in [0.05, 0.1) is 5.39 Å². The van der Waals surface area contributed by atoms with Crippen LogP contribution in [0.3, 0.4) is 0 Å². The lowest BCUT2D eigenvalue weighted by molar-refractivity contribution is 0.458. The van der Waals surface area contributed by atoms with Gasteiger partial charge in [0.15, 0.2) is 5.88 Å². The van der Waals surface area contributed by atoms with Crippen molar-refractivity contribution in [2.24, 2.45) is 0 Å². The van der Waals surface area contributed by atoms with Gasteiger partial charge in [-0.2, -0.15) is 0 Å². The highest BCUT2D eigenvalue weighted by Gasteiger charge is 2.16. The van der Waals surface area contributed by atoms with E-state index in [4.69, 9.17) is 0 Å². The van der Waals surface area contributed by atoms with Crippen molar-refractivity contribution in [2.75, 3.05) is 31.1 Å². The minimum absolute atomic E-state index is 0.131. The number of aromatic amines is 1. The number of fused-ring (bicyclic) bond motifs is 1. The fraction of sp³-hybridized carbons (Fsp3) is 0.400. The Labute approximate surface area is 92.3 Å². The molecule has 3 N–H and O–H groups in total. The maximum atomic E-state index is 9.42. The van der Waals surface area contributed by atoms with Crippen LogP contribution < -0.4 is 10.2 Å². The minimum atomic E-state index is 0.131. The Hall–Kier alpha value is -1.82. The Morgan fingerprint density at radius 2 is 2.06 bits per heavy atom. The van der Waals surface area contributed by atoms with Crippen molar-refractivity contribution < 1.29 is 5.11 Å². The summed E-state index contributed by atoms with van der Waals surface area (Å²) in [6.07, 6.45) is 1.52. The summed E-state index contributed by atoms with van der Waals surface area (Å²) in [6, 6.07) is 1.67. The van der Waals surface area contributed by atoms with Gasteiger partial charge >= 0.3 is 0 Å². The van der Waals surface area contributed by atoms with E-state index in [-0.39, 0.29) is 5.88 Å². The van der Waals surface area contributed by atoms with Crippen molar-refractivity contribution in [3.05, 3.63) is 12.4 Å². The molecule has 1 aliphatic rings. The van der Waals surface area contributed by atoms with Crippen molar-refractivity contribution >= 4 is 16.9 Å². The standard InChI is InChI=1S/C10H13N5O/c16-8-5-7-9(14-8)12-6-13-10(7)15-3-1-11-2-4-15/h5-6,11,16H,1-4H2,(H,12,13,14). The van der Waals surface area contributed by atoms with E-state index >= 15 is 0 Å². The van der Waals surface area contributed by atoms with E-state index < -0.39 is 0 Å². The zero-order chi connectivity index (χ0) is 11.0. The summed E-state index contributed by atoms with van der Waals surface area (Å²) in [5, 5.41) is 13.6. The molecule has 1 saturated heterocycles. The molecule has 2 aromatic heterocycles. The lowest BCUT2D eigenvalue weighted by Crippen LogP contribution is -2.43. The second-order valence-electron chi connectivity index (χ2n) is 3.85. The second-order valence-corrected chi connectivity index (χ2v) is 3.85. The maximum Gasteiger partial charge on any atom is 0.190 e. The summed E-state index contributed by atoms with van der Waals surface area (Å²) in [7, 11) is 0. The van der Waals surface area contributed by atoms with Crippen molar-refractivity contribution in [1.82, 2.24) is 20.3 Å². The fourth-order valence-electron chi connectivity index (χ4n) is 2.04. The molecule has 0 bridgehead atoms. The Bertz CT molecular complexity index is 503. The van der Waals surface area contributed by atoms with E-state index in [2.05, 4.69) is 25.2 Å². The van der Waals surface area contributed by atoms with E-state index in [0.29, 0.717) is 5.65 Å². The topological polar surface area (TPSA) is 77.1 Å². The molecule has 6 nitrogen and oxygen atoms in total. The first kappa shape index (κ1) is 9.41. The summed E-state index contributed by atoms with van der Waals surface area (Å²) in [5.74, 6) is 1.02. The Balaban J connectivity index is 2.07. The van der Waals surface area contributed by atoms with Gasteiger partial charge < -0.3 is 20.3 Å². The molecule has 2 aromatic rings. The first-order valence-corrected chi connectivity index (χ1v) is 5.33. The molecule has 6 heteroatoms. The molecule has 16 heavy (non-hydrogen) atoms. The second kappa shape index (κ2) is 3.64. The Morgan fingerprint density at radius 1 is 1.25 bits per heavy atom. The molecule has 1 fully saturated rings. The summed E-state index contributed by atoms with van der Waals surface area (Å²) in [4.78, 5) is 13.4. The number of hydrogen-bond donors (Lipinski definition) is 3. The van der Waals surface area contributed by atoms with E-state index in [9.17, 15) is 5.11 Å². The van der Waals surface area contributed by atoms with Crippen LogP contribution in [0, 0.1) is 0 Å². The number of piperazine rings is 1. The molecule has 3 rings (SSSR count). The van der Waals surface area contributed by atoms with E-state index in [1.165, 1.54) is 6.33 Å². The number of aromatic hydroxyl groups is 1. The van der Waals surface area contributed by atoms with Crippen molar-refractivity contribution in [3.63, 3.8) is 0 Å². The third-order valence-corrected chi connectivity index (χ3v) is 2.81. The van der Waals surface area contributed by atoms with Gasteiger partial charge in [-0.1, -0.05) is 0 Å². The minimum Gasteiger partial charge on any atom is -0.495 e.